The van der Waals surface area contributed by atoms with Gasteiger partial charge in [-0.15, -0.1) is 6.58 Å². The summed E-state index contributed by atoms with van der Waals surface area (Å²) < 4.78 is 0. The number of nitrogens with one attached hydrogen (secondary N) is 1. The minimum absolute atomic E-state index is 0.350. The van der Waals surface area contributed by atoms with E-state index >= 15 is 0 Å². The zero-order valence-corrected chi connectivity index (χ0v) is 7.51. The van der Waals surface area contributed by atoms with E-state index in [1.54, 1.807) is 6.08 Å². The Hall–Kier alpha value is -0.630. The van der Waals surface area contributed by atoms with Gasteiger partial charge in [0, 0.05) is 25.4 Å². The molecular weight excluding hydrogens is 150 g/mol. The van der Waals surface area contributed by atoms with Crippen LogP contribution in [-0.2, 0) is 4.79 Å². The van der Waals surface area contributed by atoms with E-state index in [4.69, 9.17) is 0 Å². The highest BCUT2D eigenvalue weighted by atomic mass is 16.1. The summed E-state index contributed by atoms with van der Waals surface area (Å²) in [6.45, 7) is 4.45. The van der Waals surface area contributed by atoms with E-state index in [0.717, 1.165) is 19.0 Å². The second-order valence-corrected chi connectivity index (χ2v) is 3.34. The first kappa shape index (κ1) is 9.46. The van der Waals surface area contributed by atoms with Crippen molar-refractivity contribution in [3.63, 3.8) is 0 Å². The van der Waals surface area contributed by atoms with Crippen LogP contribution in [0.15, 0.2) is 12.7 Å². The summed E-state index contributed by atoms with van der Waals surface area (Å²) in [4.78, 5) is 11.1. The van der Waals surface area contributed by atoms with E-state index < -0.39 is 0 Å². The minimum Gasteiger partial charge on any atom is -0.314 e. The predicted molar refractivity (Wildman–Crippen MR) is 50.1 cm³/mol. The summed E-state index contributed by atoms with van der Waals surface area (Å²) in [7, 11) is 0. The average Bonchev–Trinajstić information content (AvgIpc) is 2.84. The number of carbonyl (C=O) groups is 1. The number of rotatable bonds is 7. The fourth-order valence-corrected chi connectivity index (χ4v) is 1.09. The molecule has 1 N–H and O–H groups in total. The van der Waals surface area contributed by atoms with Gasteiger partial charge in [0.05, 0.1) is 0 Å². The van der Waals surface area contributed by atoms with Gasteiger partial charge in [0.15, 0.2) is 0 Å². The van der Waals surface area contributed by atoms with E-state index in [1.807, 2.05) is 0 Å². The maximum Gasteiger partial charge on any atom is 0.134 e. The van der Waals surface area contributed by atoms with Crippen LogP contribution in [0.4, 0.5) is 0 Å². The highest BCUT2D eigenvalue weighted by Crippen LogP contribution is 2.18. The molecule has 1 aliphatic carbocycles. The summed E-state index contributed by atoms with van der Waals surface area (Å²) in [6.07, 6.45) is 6.55. The Morgan fingerprint density at radius 3 is 2.83 bits per heavy atom. The molecule has 0 aliphatic heterocycles. The molecule has 0 unspecified atom stereocenters. The third-order valence-electron chi connectivity index (χ3n) is 2.04. The van der Waals surface area contributed by atoms with Crippen molar-refractivity contribution in [2.45, 2.75) is 38.1 Å². The first-order valence-electron chi connectivity index (χ1n) is 4.69. The molecule has 0 heterocycles. The van der Waals surface area contributed by atoms with Crippen molar-refractivity contribution in [3.05, 3.63) is 12.7 Å². The Balaban J connectivity index is 1.89. The lowest BCUT2D eigenvalue weighted by Gasteiger charge is -2.00. The molecule has 68 valence electrons. The van der Waals surface area contributed by atoms with Crippen LogP contribution in [0.25, 0.3) is 0 Å². The Labute approximate surface area is 74.0 Å². The number of hydrogen-bond acceptors (Lipinski definition) is 2. The maximum absolute atomic E-state index is 11.1. The number of ketones is 1. The smallest absolute Gasteiger partial charge is 0.134 e. The van der Waals surface area contributed by atoms with Crippen LogP contribution in [0, 0.1) is 0 Å². The highest BCUT2D eigenvalue weighted by molar-refractivity contribution is 5.78. The van der Waals surface area contributed by atoms with Crippen molar-refractivity contribution < 1.29 is 4.79 Å². The van der Waals surface area contributed by atoms with E-state index in [9.17, 15) is 4.79 Å². The van der Waals surface area contributed by atoms with Gasteiger partial charge in [-0.1, -0.05) is 6.08 Å². The van der Waals surface area contributed by atoms with E-state index in [1.165, 1.54) is 12.8 Å². The lowest BCUT2D eigenvalue weighted by molar-refractivity contribution is -0.118. The normalized spacial score (nSPS) is 16.0. The predicted octanol–water partition coefficient (Wildman–Crippen LogP) is 1.66. The number of carbonyl (C=O) groups excluding carboxylic acids is 1. The summed E-state index contributed by atoms with van der Waals surface area (Å²) >= 11 is 0. The maximum atomic E-state index is 11.1. The first-order chi connectivity index (χ1) is 5.83. The van der Waals surface area contributed by atoms with Crippen LogP contribution >= 0.6 is 0 Å². The molecule has 0 bridgehead atoms. The third kappa shape index (κ3) is 4.29. The fourth-order valence-electron chi connectivity index (χ4n) is 1.09. The number of hydrogen-bond donors (Lipinski definition) is 1. The average molecular weight is 167 g/mol. The van der Waals surface area contributed by atoms with Gasteiger partial charge < -0.3 is 5.32 Å². The first-order valence-corrected chi connectivity index (χ1v) is 4.69. The SMILES string of the molecule is C=CCCC(=O)CCNC1CC1. The van der Waals surface area contributed by atoms with E-state index in [-0.39, 0.29) is 0 Å². The quantitative estimate of drug-likeness (QED) is 0.584. The molecule has 0 spiro atoms. The lowest BCUT2D eigenvalue weighted by atomic mass is 10.1. The van der Waals surface area contributed by atoms with Gasteiger partial charge in [0.2, 0.25) is 0 Å². The molecule has 0 atom stereocenters. The summed E-state index contributed by atoms with van der Waals surface area (Å²) in [5, 5.41) is 3.32. The largest absolute Gasteiger partial charge is 0.314 e. The molecule has 1 rings (SSSR count). The zero-order valence-electron chi connectivity index (χ0n) is 7.51. The van der Waals surface area contributed by atoms with Gasteiger partial charge in [0.25, 0.3) is 0 Å². The summed E-state index contributed by atoms with van der Waals surface area (Å²) in [6, 6.07) is 0.720. The van der Waals surface area contributed by atoms with Crippen molar-refractivity contribution in [1.82, 2.24) is 5.32 Å². The fraction of sp³-hybridized carbons (Fsp3) is 0.700. The van der Waals surface area contributed by atoms with Crippen LogP contribution in [0.3, 0.4) is 0 Å². The van der Waals surface area contributed by atoms with Crippen LogP contribution in [-0.4, -0.2) is 18.4 Å². The molecule has 1 saturated carbocycles. The molecule has 0 aromatic carbocycles. The van der Waals surface area contributed by atoms with Gasteiger partial charge in [0.1, 0.15) is 5.78 Å². The molecule has 0 radical (unpaired) electrons. The standard InChI is InChI=1S/C10H17NO/c1-2-3-4-10(12)7-8-11-9-5-6-9/h2,9,11H,1,3-8H2. The van der Waals surface area contributed by atoms with Crippen molar-refractivity contribution >= 4 is 5.78 Å². The molecule has 2 nitrogen and oxygen atoms in total. The topological polar surface area (TPSA) is 29.1 Å². The number of allylic oxidation sites excluding steroid dienone is 1. The van der Waals surface area contributed by atoms with Gasteiger partial charge in [-0.05, 0) is 19.3 Å². The monoisotopic (exact) mass is 167 g/mol. The number of Topliss-reactive ketones (excluding diaryl/α,β-unsaturated/α-hetero) is 1. The highest BCUT2D eigenvalue weighted by Gasteiger charge is 2.19. The van der Waals surface area contributed by atoms with Gasteiger partial charge in [-0.25, -0.2) is 0 Å². The van der Waals surface area contributed by atoms with Crippen molar-refractivity contribution in [1.29, 1.82) is 0 Å². The molecule has 0 amide bonds. The molecule has 0 saturated heterocycles. The molecule has 12 heavy (non-hydrogen) atoms. The molecule has 1 aliphatic rings. The van der Waals surface area contributed by atoms with Crippen molar-refractivity contribution in [2.75, 3.05) is 6.54 Å². The van der Waals surface area contributed by atoms with Crippen molar-refractivity contribution in [3.8, 4) is 0 Å². The Morgan fingerprint density at radius 1 is 1.50 bits per heavy atom. The molecular formula is C10H17NO. The van der Waals surface area contributed by atoms with Crippen LogP contribution in [0.5, 0.6) is 0 Å². The van der Waals surface area contributed by atoms with Crippen molar-refractivity contribution in [2.24, 2.45) is 0 Å². The molecule has 2 heteroatoms. The van der Waals surface area contributed by atoms with Gasteiger partial charge >= 0.3 is 0 Å². The molecule has 0 aromatic heterocycles. The summed E-state index contributed by atoms with van der Waals surface area (Å²) in [5.41, 5.74) is 0. The van der Waals surface area contributed by atoms with Crippen LogP contribution in [0.2, 0.25) is 0 Å². The van der Waals surface area contributed by atoms with Gasteiger partial charge in [-0.3, -0.25) is 4.79 Å². The Bertz CT molecular complexity index is 161. The van der Waals surface area contributed by atoms with E-state index in [0.29, 0.717) is 18.6 Å². The molecule has 0 aromatic rings. The Kier molecular flexibility index (Phi) is 4.01. The summed E-state index contributed by atoms with van der Waals surface area (Å²) in [5.74, 6) is 0.350. The minimum atomic E-state index is 0.350. The van der Waals surface area contributed by atoms with Gasteiger partial charge in [-0.2, -0.15) is 0 Å². The zero-order chi connectivity index (χ0) is 8.81. The van der Waals surface area contributed by atoms with Crippen LogP contribution < -0.4 is 5.32 Å². The lowest BCUT2D eigenvalue weighted by Crippen LogP contribution is -2.20. The Morgan fingerprint density at radius 2 is 2.25 bits per heavy atom. The second kappa shape index (κ2) is 5.09. The van der Waals surface area contributed by atoms with Crippen LogP contribution in [0.1, 0.15) is 32.1 Å². The third-order valence-corrected chi connectivity index (χ3v) is 2.04. The second-order valence-electron chi connectivity index (χ2n) is 3.34. The van der Waals surface area contributed by atoms with E-state index in [2.05, 4.69) is 11.9 Å². The molecule has 1 fully saturated rings.